The SMILES string of the molecule is CC(=O)COC(=O)CCCN1CCN(c2ccc(-c3cccc(C#N)c3)cn2)CC1. The molecular weight excluding hydrogens is 380 g/mol. The number of hydrogen-bond acceptors (Lipinski definition) is 7. The fourth-order valence-corrected chi connectivity index (χ4v) is 3.41. The number of Topliss-reactive ketones (excluding diaryl/α,β-unsaturated/α-hetero) is 1. The molecule has 0 bridgehead atoms. The van der Waals surface area contributed by atoms with Gasteiger partial charge in [0.25, 0.3) is 0 Å². The number of ether oxygens (including phenoxy) is 1. The smallest absolute Gasteiger partial charge is 0.306 e. The summed E-state index contributed by atoms with van der Waals surface area (Å²) in [6, 6.07) is 13.7. The van der Waals surface area contributed by atoms with Crippen LogP contribution in [0.4, 0.5) is 5.82 Å². The maximum absolute atomic E-state index is 11.6. The number of anilines is 1. The van der Waals surface area contributed by atoms with Gasteiger partial charge >= 0.3 is 5.97 Å². The van der Waals surface area contributed by atoms with Gasteiger partial charge in [-0.2, -0.15) is 5.26 Å². The summed E-state index contributed by atoms with van der Waals surface area (Å²) in [7, 11) is 0. The number of rotatable bonds is 8. The van der Waals surface area contributed by atoms with Gasteiger partial charge in [0.2, 0.25) is 0 Å². The lowest BCUT2D eigenvalue weighted by Crippen LogP contribution is -2.47. The zero-order chi connectivity index (χ0) is 21.3. The van der Waals surface area contributed by atoms with Crippen LogP contribution in [-0.4, -0.2) is 61.0 Å². The van der Waals surface area contributed by atoms with Crippen molar-refractivity contribution in [3.63, 3.8) is 0 Å². The van der Waals surface area contributed by atoms with Crippen LogP contribution in [0.5, 0.6) is 0 Å². The molecule has 1 saturated heterocycles. The van der Waals surface area contributed by atoms with E-state index in [9.17, 15) is 9.59 Å². The highest BCUT2D eigenvalue weighted by molar-refractivity contribution is 5.80. The van der Waals surface area contributed by atoms with Crippen molar-refractivity contribution >= 4 is 17.6 Å². The molecular formula is C23H26N4O3. The van der Waals surface area contributed by atoms with Crippen LogP contribution in [-0.2, 0) is 14.3 Å². The Morgan fingerprint density at radius 2 is 1.93 bits per heavy atom. The molecule has 1 aliphatic rings. The van der Waals surface area contributed by atoms with Crippen LogP contribution >= 0.6 is 0 Å². The predicted molar refractivity (Wildman–Crippen MR) is 114 cm³/mol. The van der Waals surface area contributed by atoms with E-state index in [2.05, 4.69) is 20.9 Å². The Labute approximate surface area is 176 Å². The third kappa shape index (κ3) is 6.13. The Hall–Kier alpha value is -3.24. The van der Waals surface area contributed by atoms with Gasteiger partial charge in [0, 0.05) is 44.4 Å². The molecule has 7 heteroatoms. The van der Waals surface area contributed by atoms with E-state index in [0.717, 1.165) is 56.1 Å². The summed E-state index contributed by atoms with van der Waals surface area (Å²) in [5.74, 6) is 0.493. The normalized spacial score (nSPS) is 14.2. The minimum Gasteiger partial charge on any atom is -0.458 e. The summed E-state index contributed by atoms with van der Waals surface area (Å²) in [4.78, 5) is 31.6. The van der Waals surface area contributed by atoms with Gasteiger partial charge in [-0.1, -0.05) is 12.1 Å². The number of esters is 1. The monoisotopic (exact) mass is 406 g/mol. The second kappa shape index (κ2) is 10.5. The van der Waals surface area contributed by atoms with Crippen LogP contribution in [0.3, 0.4) is 0 Å². The van der Waals surface area contributed by atoms with Crippen LogP contribution < -0.4 is 4.90 Å². The van der Waals surface area contributed by atoms with E-state index < -0.39 is 0 Å². The second-order valence-electron chi connectivity index (χ2n) is 7.39. The van der Waals surface area contributed by atoms with Crippen molar-refractivity contribution in [3.8, 4) is 17.2 Å². The molecule has 156 valence electrons. The van der Waals surface area contributed by atoms with E-state index in [0.29, 0.717) is 12.0 Å². The number of nitrogens with zero attached hydrogens (tertiary/aromatic N) is 4. The van der Waals surface area contributed by atoms with Crippen LogP contribution in [0.2, 0.25) is 0 Å². The summed E-state index contributed by atoms with van der Waals surface area (Å²) in [5.41, 5.74) is 2.62. The van der Waals surface area contributed by atoms with Crippen molar-refractivity contribution in [3.05, 3.63) is 48.2 Å². The van der Waals surface area contributed by atoms with Crippen LogP contribution in [0.25, 0.3) is 11.1 Å². The average molecular weight is 406 g/mol. The fourth-order valence-electron chi connectivity index (χ4n) is 3.41. The van der Waals surface area contributed by atoms with Gasteiger partial charge in [-0.15, -0.1) is 0 Å². The maximum Gasteiger partial charge on any atom is 0.306 e. The van der Waals surface area contributed by atoms with Gasteiger partial charge in [-0.05, 0) is 49.7 Å². The zero-order valence-corrected chi connectivity index (χ0v) is 17.2. The lowest BCUT2D eigenvalue weighted by Gasteiger charge is -2.35. The molecule has 1 aliphatic heterocycles. The van der Waals surface area contributed by atoms with Gasteiger partial charge in [0.1, 0.15) is 12.4 Å². The molecule has 0 atom stereocenters. The number of carbonyl (C=O) groups is 2. The van der Waals surface area contributed by atoms with Crippen molar-refractivity contribution in [2.45, 2.75) is 19.8 Å². The molecule has 0 unspecified atom stereocenters. The van der Waals surface area contributed by atoms with Gasteiger partial charge in [-0.25, -0.2) is 4.98 Å². The second-order valence-corrected chi connectivity index (χ2v) is 7.39. The van der Waals surface area contributed by atoms with E-state index in [1.165, 1.54) is 6.92 Å². The molecule has 0 amide bonds. The lowest BCUT2D eigenvalue weighted by atomic mass is 10.1. The first-order chi connectivity index (χ1) is 14.5. The zero-order valence-electron chi connectivity index (χ0n) is 17.2. The maximum atomic E-state index is 11.6. The van der Waals surface area contributed by atoms with Crippen molar-refractivity contribution in [2.75, 3.05) is 44.2 Å². The minimum atomic E-state index is -0.312. The van der Waals surface area contributed by atoms with Crippen molar-refractivity contribution < 1.29 is 14.3 Å². The van der Waals surface area contributed by atoms with Gasteiger partial charge in [0.05, 0.1) is 11.6 Å². The van der Waals surface area contributed by atoms with E-state index in [1.54, 1.807) is 6.07 Å². The van der Waals surface area contributed by atoms with Gasteiger partial charge in [-0.3, -0.25) is 14.5 Å². The highest BCUT2D eigenvalue weighted by Gasteiger charge is 2.18. The number of pyridine rings is 1. The largest absolute Gasteiger partial charge is 0.458 e. The Kier molecular flexibility index (Phi) is 7.52. The number of ketones is 1. The summed E-state index contributed by atoms with van der Waals surface area (Å²) in [5, 5.41) is 9.06. The number of hydrogen-bond donors (Lipinski definition) is 0. The quantitative estimate of drug-likeness (QED) is 0.623. The van der Waals surface area contributed by atoms with Crippen molar-refractivity contribution in [1.82, 2.24) is 9.88 Å². The lowest BCUT2D eigenvalue weighted by molar-refractivity contribution is -0.147. The third-order valence-corrected chi connectivity index (χ3v) is 5.06. The van der Waals surface area contributed by atoms with Gasteiger partial charge in [0.15, 0.2) is 5.78 Å². The molecule has 3 rings (SSSR count). The molecule has 0 spiro atoms. The number of benzene rings is 1. The first-order valence-corrected chi connectivity index (χ1v) is 10.1. The predicted octanol–water partition coefficient (Wildman–Crippen LogP) is 2.65. The minimum absolute atomic E-state index is 0.132. The molecule has 1 aromatic heterocycles. The highest BCUT2D eigenvalue weighted by atomic mass is 16.5. The van der Waals surface area contributed by atoms with Gasteiger partial charge < -0.3 is 9.64 Å². The summed E-state index contributed by atoms with van der Waals surface area (Å²) in [6.07, 6.45) is 2.92. The first-order valence-electron chi connectivity index (χ1n) is 10.1. The Morgan fingerprint density at radius 3 is 2.60 bits per heavy atom. The summed E-state index contributed by atoms with van der Waals surface area (Å²) in [6.45, 7) is 5.70. The van der Waals surface area contributed by atoms with Crippen LogP contribution in [0.15, 0.2) is 42.6 Å². The molecule has 1 aromatic carbocycles. The number of carbonyl (C=O) groups excluding carboxylic acids is 2. The van der Waals surface area contributed by atoms with E-state index >= 15 is 0 Å². The van der Waals surface area contributed by atoms with Crippen molar-refractivity contribution in [1.29, 1.82) is 5.26 Å². The molecule has 2 aromatic rings. The molecule has 0 saturated carbocycles. The van der Waals surface area contributed by atoms with Crippen LogP contribution in [0.1, 0.15) is 25.3 Å². The van der Waals surface area contributed by atoms with E-state index in [-0.39, 0.29) is 18.4 Å². The topological polar surface area (TPSA) is 86.5 Å². The standard InChI is InChI=1S/C23H26N4O3/c1-18(28)17-30-23(29)6-3-9-26-10-12-27(13-11-26)22-8-7-21(16-25-22)20-5-2-4-19(14-20)15-24/h2,4-5,7-8,14,16H,3,6,9-13,17H2,1H3. The number of piperazine rings is 1. The summed E-state index contributed by atoms with van der Waals surface area (Å²) >= 11 is 0. The average Bonchev–Trinajstić information content (AvgIpc) is 2.78. The molecule has 0 radical (unpaired) electrons. The number of aromatic nitrogens is 1. The van der Waals surface area contributed by atoms with Crippen molar-refractivity contribution in [2.24, 2.45) is 0 Å². The molecule has 30 heavy (non-hydrogen) atoms. The number of nitriles is 1. The molecule has 0 N–H and O–H groups in total. The molecule has 0 aliphatic carbocycles. The van der Waals surface area contributed by atoms with E-state index in [4.69, 9.17) is 10.00 Å². The highest BCUT2D eigenvalue weighted by Crippen LogP contribution is 2.22. The fraction of sp³-hybridized carbons (Fsp3) is 0.391. The Morgan fingerprint density at radius 1 is 1.13 bits per heavy atom. The Balaban J connectivity index is 1.44. The molecule has 2 heterocycles. The first kappa shape index (κ1) is 21.5. The molecule has 7 nitrogen and oxygen atoms in total. The van der Waals surface area contributed by atoms with Crippen LogP contribution in [0, 0.1) is 11.3 Å². The third-order valence-electron chi connectivity index (χ3n) is 5.06. The Bertz CT molecular complexity index is 913. The van der Waals surface area contributed by atoms with E-state index in [1.807, 2.05) is 36.5 Å². The summed E-state index contributed by atoms with van der Waals surface area (Å²) < 4.78 is 4.88. The molecule has 1 fully saturated rings.